The van der Waals surface area contributed by atoms with Crippen molar-refractivity contribution in [2.75, 3.05) is 13.7 Å². The average molecular weight is 350 g/mol. The molecule has 1 aliphatic rings. The lowest BCUT2D eigenvalue weighted by atomic mass is 9.81. The zero-order valence-corrected chi connectivity index (χ0v) is 12.9. The second kappa shape index (κ2) is 5.40. The van der Waals surface area contributed by atoms with E-state index in [2.05, 4.69) is 20.7 Å². The van der Waals surface area contributed by atoms with Crippen LogP contribution < -0.4 is 9.46 Å². The number of methoxy groups -OCH3 is 1. The predicted octanol–water partition coefficient (Wildman–Crippen LogP) is 1.65. The number of benzene rings is 1. The van der Waals surface area contributed by atoms with Crippen LogP contribution in [0.15, 0.2) is 27.6 Å². The van der Waals surface area contributed by atoms with Crippen molar-refractivity contribution in [1.29, 1.82) is 0 Å². The first-order valence-corrected chi connectivity index (χ1v) is 8.19. The molecule has 0 amide bonds. The molecule has 1 aliphatic carbocycles. The first kappa shape index (κ1) is 14.8. The van der Waals surface area contributed by atoms with E-state index in [1.165, 1.54) is 13.2 Å². The van der Waals surface area contributed by atoms with Crippen molar-refractivity contribution in [3.05, 3.63) is 22.7 Å². The van der Waals surface area contributed by atoms with Crippen LogP contribution in [0.25, 0.3) is 0 Å². The Hall–Kier alpha value is -0.630. The minimum atomic E-state index is -3.70. The van der Waals surface area contributed by atoms with E-state index in [4.69, 9.17) is 4.74 Å². The summed E-state index contributed by atoms with van der Waals surface area (Å²) in [4.78, 5) is 0.0623. The molecule has 0 bridgehead atoms. The Labute approximate surface area is 121 Å². The van der Waals surface area contributed by atoms with Gasteiger partial charge >= 0.3 is 0 Å². The van der Waals surface area contributed by atoms with E-state index in [0.717, 1.165) is 6.42 Å². The van der Waals surface area contributed by atoms with E-state index in [0.29, 0.717) is 17.3 Å². The molecule has 0 unspecified atom stereocenters. The Morgan fingerprint density at radius 1 is 1.47 bits per heavy atom. The summed E-state index contributed by atoms with van der Waals surface area (Å²) in [5.41, 5.74) is -0.897. The van der Waals surface area contributed by atoms with Crippen molar-refractivity contribution in [3.8, 4) is 5.75 Å². The zero-order valence-electron chi connectivity index (χ0n) is 10.5. The van der Waals surface area contributed by atoms with Crippen molar-refractivity contribution in [2.24, 2.45) is 0 Å². The molecular weight excluding hydrogens is 334 g/mol. The number of sulfonamides is 1. The van der Waals surface area contributed by atoms with Crippen LogP contribution >= 0.6 is 15.9 Å². The van der Waals surface area contributed by atoms with Gasteiger partial charge < -0.3 is 9.84 Å². The third-order valence-electron chi connectivity index (χ3n) is 3.29. The fraction of sp³-hybridized carbons (Fsp3) is 0.500. The maximum atomic E-state index is 12.2. The van der Waals surface area contributed by atoms with Gasteiger partial charge in [-0.2, -0.15) is 0 Å². The molecule has 2 N–H and O–H groups in total. The minimum Gasteiger partial charge on any atom is -0.495 e. The molecule has 0 spiro atoms. The Morgan fingerprint density at radius 3 is 2.68 bits per heavy atom. The second-order valence-corrected chi connectivity index (χ2v) is 7.35. The molecule has 1 aromatic carbocycles. The van der Waals surface area contributed by atoms with E-state index >= 15 is 0 Å². The van der Waals surface area contributed by atoms with Crippen molar-refractivity contribution < 1.29 is 18.3 Å². The highest BCUT2D eigenvalue weighted by atomic mass is 79.9. The fourth-order valence-electron chi connectivity index (χ4n) is 1.93. The van der Waals surface area contributed by atoms with Crippen LogP contribution in [-0.4, -0.2) is 32.8 Å². The number of aliphatic hydroxyl groups is 1. The Bertz CT molecular complexity index is 569. The summed E-state index contributed by atoms with van der Waals surface area (Å²) in [6.07, 6.45) is 2.19. The van der Waals surface area contributed by atoms with Crippen LogP contribution in [0.1, 0.15) is 19.3 Å². The number of halogens is 1. The summed E-state index contributed by atoms with van der Waals surface area (Å²) in [5, 5.41) is 9.93. The number of ether oxygens (including phenoxy) is 1. The standard InChI is InChI=1S/C12H16BrNO4S/c1-18-10-4-3-9(13)7-11(10)19(16,17)14-8-12(15)5-2-6-12/h3-4,7,14-15H,2,5-6,8H2,1H3. The molecule has 0 radical (unpaired) electrons. The van der Waals surface area contributed by atoms with Crippen LogP contribution in [0.5, 0.6) is 5.75 Å². The van der Waals surface area contributed by atoms with Crippen molar-refractivity contribution in [3.63, 3.8) is 0 Å². The molecule has 1 fully saturated rings. The summed E-state index contributed by atoms with van der Waals surface area (Å²) < 4.78 is 32.6. The summed E-state index contributed by atoms with van der Waals surface area (Å²) in [6.45, 7) is 0.0327. The highest BCUT2D eigenvalue weighted by Crippen LogP contribution is 2.32. The largest absolute Gasteiger partial charge is 0.495 e. The van der Waals surface area contributed by atoms with Crippen LogP contribution in [-0.2, 0) is 10.0 Å². The molecule has 19 heavy (non-hydrogen) atoms. The van der Waals surface area contributed by atoms with E-state index in [1.54, 1.807) is 12.1 Å². The predicted molar refractivity (Wildman–Crippen MR) is 74.7 cm³/mol. The number of hydrogen-bond acceptors (Lipinski definition) is 4. The Balaban J connectivity index is 2.21. The van der Waals surface area contributed by atoms with Crippen LogP contribution in [0.3, 0.4) is 0 Å². The molecule has 2 rings (SSSR count). The lowest BCUT2D eigenvalue weighted by molar-refractivity contribution is -0.0271. The van der Waals surface area contributed by atoms with Gasteiger partial charge in [-0.15, -0.1) is 0 Å². The lowest BCUT2D eigenvalue weighted by Crippen LogP contribution is -2.47. The summed E-state index contributed by atoms with van der Waals surface area (Å²) in [6, 6.07) is 4.76. The molecule has 1 aromatic rings. The Kier molecular flexibility index (Phi) is 4.20. The number of hydrogen-bond donors (Lipinski definition) is 2. The van der Waals surface area contributed by atoms with Gasteiger partial charge in [0.05, 0.1) is 12.7 Å². The third kappa shape index (κ3) is 3.28. The molecular formula is C12H16BrNO4S. The first-order chi connectivity index (χ1) is 8.86. The average Bonchev–Trinajstić information content (AvgIpc) is 2.34. The Morgan fingerprint density at radius 2 is 2.16 bits per heavy atom. The van der Waals surface area contributed by atoms with E-state index in [-0.39, 0.29) is 17.2 Å². The normalized spacial score (nSPS) is 17.8. The maximum absolute atomic E-state index is 12.2. The van der Waals surface area contributed by atoms with E-state index in [9.17, 15) is 13.5 Å². The molecule has 0 saturated heterocycles. The summed E-state index contributed by atoms with van der Waals surface area (Å²) in [7, 11) is -2.28. The van der Waals surface area contributed by atoms with Gasteiger partial charge in [0.15, 0.2) is 0 Å². The quantitative estimate of drug-likeness (QED) is 0.847. The highest BCUT2D eigenvalue weighted by molar-refractivity contribution is 9.10. The highest BCUT2D eigenvalue weighted by Gasteiger charge is 2.35. The molecule has 0 atom stereocenters. The van der Waals surface area contributed by atoms with Crippen molar-refractivity contribution in [1.82, 2.24) is 4.72 Å². The second-order valence-electron chi connectivity index (χ2n) is 4.70. The van der Waals surface area contributed by atoms with E-state index < -0.39 is 15.6 Å². The van der Waals surface area contributed by atoms with Crippen molar-refractivity contribution in [2.45, 2.75) is 29.8 Å². The van der Waals surface area contributed by atoms with Crippen molar-refractivity contribution >= 4 is 26.0 Å². The summed E-state index contributed by atoms with van der Waals surface area (Å²) in [5.74, 6) is 0.274. The van der Waals surface area contributed by atoms with Gasteiger partial charge in [0.2, 0.25) is 10.0 Å². The molecule has 106 valence electrons. The number of rotatable bonds is 5. The van der Waals surface area contributed by atoms with Gasteiger partial charge in [0.1, 0.15) is 10.6 Å². The maximum Gasteiger partial charge on any atom is 0.244 e. The SMILES string of the molecule is COc1ccc(Br)cc1S(=O)(=O)NCC1(O)CCC1. The molecule has 0 aromatic heterocycles. The molecule has 0 aliphatic heterocycles. The molecule has 7 heteroatoms. The van der Waals surface area contributed by atoms with Gasteiger partial charge in [-0.3, -0.25) is 0 Å². The first-order valence-electron chi connectivity index (χ1n) is 5.92. The van der Waals surface area contributed by atoms with Gasteiger partial charge in [0, 0.05) is 11.0 Å². The van der Waals surface area contributed by atoms with Crippen LogP contribution in [0.2, 0.25) is 0 Å². The minimum absolute atomic E-state index is 0.0327. The van der Waals surface area contributed by atoms with Crippen LogP contribution in [0, 0.1) is 0 Å². The molecule has 1 saturated carbocycles. The number of nitrogens with one attached hydrogen (secondary N) is 1. The summed E-state index contributed by atoms with van der Waals surface area (Å²) >= 11 is 3.24. The van der Waals surface area contributed by atoms with Gasteiger partial charge in [-0.25, -0.2) is 13.1 Å². The zero-order chi connectivity index (χ0) is 14.1. The monoisotopic (exact) mass is 349 g/mol. The van der Waals surface area contributed by atoms with E-state index in [1.807, 2.05) is 0 Å². The molecule has 5 nitrogen and oxygen atoms in total. The topological polar surface area (TPSA) is 75.6 Å². The van der Waals surface area contributed by atoms with Gasteiger partial charge in [-0.05, 0) is 37.5 Å². The smallest absolute Gasteiger partial charge is 0.244 e. The van der Waals surface area contributed by atoms with Gasteiger partial charge in [0.25, 0.3) is 0 Å². The third-order valence-corrected chi connectivity index (χ3v) is 5.21. The molecule has 0 heterocycles. The fourth-order valence-corrected chi connectivity index (χ4v) is 3.75. The lowest BCUT2D eigenvalue weighted by Gasteiger charge is -2.36. The van der Waals surface area contributed by atoms with Gasteiger partial charge in [-0.1, -0.05) is 15.9 Å². The van der Waals surface area contributed by atoms with Crippen LogP contribution in [0.4, 0.5) is 0 Å².